The largest absolute Gasteiger partial charge is 0.330 e. The lowest BCUT2D eigenvalue weighted by atomic mass is 10.1. The lowest BCUT2D eigenvalue weighted by Gasteiger charge is -2.22. The number of benzene rings is 2. The van der Waals surface area contributed by atoms with Crippen LogP contribution < -0.4 is 10.2 Å². The van der Waals surface area contributed by atoms with Crippen molar-refractivity contribution < 1.29 is 4.79 Å². The van der Waals surface area contributed by atoms with Crippen molar-refractivity contribution in [2.45, 2.75) is 37.6 Å². The fraction of sp³-hybridized carbons (Fsp3) is 0.286. The van der Waals surface area contributed by atoms with Crippen LogP contribution in [-0.2, 0) is 11.2 Å². The number of thioether (sulfide) groups is 1. The SMILES string of the molecule is Cc1ccc(Nc2nnc(SCC(=O)N3c4ccccc4CC3C)s2)c(C)c1. The van der Waals surface area contributed by atoms with Crippen LogP contribution in [0.1, 0.15) is 23.6 Å². The Morgan fingerprint density at radius 3 is 2.89 bits per heavy atom. The summed E-state index contributed by atoms with van der Waals surface area (Å²) >= 11 is 2.91. The summed E-state index contributed by atoms with van der Waals surface area (Å²) in [4.78, 5) is 14.7. The van der Waals surface area contributed by atoms with E-state index >= 15 is 0 Å². The van der Waals surface area contributed by atoms with E-state index in [0.29, 0.717) is 5.75 Å². The standard InChI is InChI=1S/C21H22N4OS2/c1-13-8-9-17(14(2)10-13)22-20-23-24-21(28-20)27-12-19(26)25-15(3)11-16-6-4-5-7-18(16)25/h4-10,15H,11-12H2,1-3H3,(H,22,23). The predicted octanol–water partition coefficient (Wildman–Crippen LogP) is 4.97. The highest BCUT2D eigenvalue weighted by atomic mass is 32.2. The van der Waals surface area contributed by atoms with E-state index < -0.39 is 0 Å². The fourth-order valence-corrected chi connectivity index (χ4v) is 5.15. The number of fused-ring (bicyclic) bond motifs is 1. The Hall–Kier alpha value is -2.38. The van der Waals surface area contributed by atoms with Gasteiger partial charge in [0, 0.05) is 17.4 Å². The predicted molar refractivity (Wildman–Crippen MR) is 117 cm³/mol. The minimum atomic E-state index is 0.113. The molecule has 4 rings (SSSR count). The highest BCUT2D eigenvalue weighted by Gasteiger charge is 2.30. The van der Waals surface area contributed by atoms with E-state index in [1.807, 2.05) is 23.1 Å². The van der Waals surface area contributed by atoms with Crippen LogP contribution in [0.25, 0.3) is 0 Å². The van der Waals surface area contributed by atoms with Gasteiger partial charge in [0.1, 0.15) is 0 Å². The molecule has 0 fully saturated rings. The Balaban J connectivity index is 1.39. The van der Waals surface area contributed by atoms with Crippen LogP contribution in [0.3, 0.4) is 0 Å². The topological polar surface area (TPSA) is 58.1 Å². The van der Waals surface area contributed by atoms with Gasteiger partial charge < -0.3 is 10.2 Å². The molecule has 1 atom stereocenters. The van der Waals surface area contributed by atoms with Gasteiger partial charge in [-0.25, -0.2) is 0 Å². The van der Waals surface area contributed by atoms with Gasteiger partial charge in [-0.15, -0.1) is 10.2 Å². The quantitative estimate of drug-likeness (QED) is 0.602. The van der Waals surface area contributed by atoms with Crippen molar-refractivity contribution in [3.8, 4) is 0 Å². The van der Waals surface area contributed by atoms with Crippen LogP contribution in [0.15, 0.2) is 46.8 Å². The van der Waals surface area contributed by atoms with Gasteiger partial charge in [0.05, 0.1) is 5.75 Å². The number of para-hydroxylation sites is 1. The lowest BCUT2D eigenvalue weighted by Crippen LogP contribution is -2.36. The molecule has 0 saturated heterocycles. The number of hydrogen-bond donors (Lipinski definition) is 1. The van der Waals surface area contributed by atoms with E-state index in [9.17, 15) is 4.79 Å². The molecular formula is C21H22N4OS2. The molecule has 0 saturated carbocycles. The monoisotopic (exact) mass is 410 g/mol. The summed E-state index contributed by atoms with van der Waals surface area (Å²) in [6.07, 6.45) is 0.912. The number of aryl methyl sites for hydroxylation is 2. The number of anilines is 3. The molecule has 1 aliphatic rings. The second kappa shape index (κ2) is 7.93. The Morgan fingerprint density at radius 2 is 2.07 bits per heavy atom. The number of carbonyl (C=O) groups is 1. The number of nitrogens with one attached hydrogen (secondary N) is 1. The highest BCUT2D eigenvalue weighted by molar-refractivity contribution is 8.01. The number of amides is 1. The van der Waals surface area contributed by atoms with Crippen molar-refractivity contribution in [1.82, 2.24) is 10.2 Å². The summed E-state index contributed by atoms with van der Waals surface area (Å²) in [6, 6.07) is 14.6. The summed E-state index contributed by atoms with van der Waals surface area (Å²) in [5.41, 5.74) is 5.70. The molecule has 1 aliphatic heterocycles. The van der Waals surface area contributed by atoms with Crippen molar-refractivity contribution in [1.29, 1.82) is 0 Å². The summed E-state index contributed by atoms with van der Waals surface area (Å²) in [5.74, 6) is 0.471. The number of carbonyl (C=O) groups excluding carboxylic acids is 1. The smallest absolute Gasteiger partial charge is 0.237 e. The molecule has 5 nitrogen and oxygen atoms in total. The average Bonchev–Trinajstić information content (AvgIpc) is 3.25. The van der Waals surface area contributed by atoms with E-state index in [1.54, 1.807) is 0 Å². The van der Waals surface area contributed by atoms with E-state index in [2.05, 4.69) is 60.6 Å². The van der Waals surface area contributed by atoms with Gasteiger partial charge in [-0.2, -0.15) is 0 Å². The Labute approximate surface area is 173 Å². The van der Waals surface area contributed by atoms with Crippen molar-refractivity contribution >= 4 is 45.5 Å². The second-order valence-corrected chi connectivity index (χ2v) is 9.25. The highest BCUT2D eigenvalue weighted by Crippen LogP contribution is 2.34. The average molecular weight is 411 g/mol. The van der Waals surface area contributed by atoms with E-state index in [-0.39, 0.29) is 11.9 Å². The Bertz CT molecular complexity index is 1020. The molecule has 1 N–H and O–H groups in total. The van der Waals surface area contributed by atoms with Crippen LogP contribution in [0.2, 0.25) is 0 Å². The van der Waals surface area contributed by atoms with Gasteiger partial charge in [-0.1, -0.05) is 59.0 Å². The third-order valence-corrected chi connectivity index (χ3v) is 6.78. The van der Waals surface area contributed by atoms with Crippen molar-refractivity contribution in [2.75, 3.05) is 16.0 Å². The molecule has 1 amide bonds. The van der Waals surface area contributed by atoms with Gasteiger partial charge in [-0.05, 0) is 50.5 Å². The zero-order valence-electron chi connectivity index (χ0n) is 16.1. The third-order valence-electron chi connectivity index (χ3n) is 4.83. The zero-order valence-corrected chi connectivity index (χ0v) is 17.7. The summed E-state index contributed by atoms with van der Waals surface area (Å²) in [6.45, 7) is 6.24. The van der Waals surface area contributed by atoms with Crippen LogP contribution in [0, 0.1) is 13.8 Å². The van der Waals surface area contributed by atoms with Gasteiger partial charge in [0.15, 0.2) is 4.34 Å². The maximum Gasteiger partial charge on any atom is 0.237 e. The summed E-state index contributed by atoms with van der Waals surface area (Å²) in [7, 11) is 0. The summed E-state index contributed by atoms with van der Waals surface area (Å²) in [5, 5.41) is 12.5. The minimum Gasteiger partial charge on any atom is -0.330 e. The molecular weight excluding hydrogens is 388 g/mol. The van der Waals surface area contributed by atoms with E-state index in [4.69, 9.17) is 0 Å². The van der Waals surface area contributed by atoms with Gasteiger partial charge in [0.25, 0.3) is 0 Å². The summed E-state index contributed by atoms with van der Waals surface area (Å²) < 4.78 is 0.792. The number of nitrogens with zero attached hydrogens (tertiary/aromatic N) is 3. The van der Waals surface area contributed by atoms with Crippen molar-refractivity contribution in [3.63, 3.8) is 0 Å². The van der Waals surface area contributed by atoms with Crippen LogP contribution in [-0.4, -0.2) is 27.9 Å². The fourth-order valence-electron chi connectivity index (χ4n) is 3.53. The van der Waals surface area contributed by atoms with Gasteiger partial charge in [0.2, 0.25) is 11.0 Å². The van der Waals surface area contributed by atoms with Crippen LogP contribution >= 0.6 is 23.1 Å². The second-order valence-electron chi connectivity index (χ2n) is 7.05. The third kappa shape index (κ3) is 3.91. The minimum absolute atomic E-state index is 0.113. The first kappa shape index (κ1) is 19.0. The molecule has 0 radical (unpaired) electrons. The maximum absolute atomic E-state index is 12.8. The number of rotatable bonds is 5. The molecule has 2 heterocycles. The van der Waals surface area contributed by atoms with Gasteiger partial charge >= 0.3 is 0 Å². The van der Waals surface area contributed by atoms with Gasteiger partial charge in [-0.3, -0.25) is 4.79 Å². The van der Waals surface area contributed by atoms with Crippen molar-refractivity contribution in [3.05, 3.63) is 59.2 Å². The van der Waals surface area contributed by atoms with Crippen LogP contribution in [0.5, 0.6) is 0 Å². The van der Waals surface area contributed by atoms with E-state index in [0.717, 1.165) is 27.3 Å². The van der Waals surface area contributed by atoms with E-state index in [1.165, 1.54) is 39.8 Å². The molecule has 7 heteroatoms. The molecule has 2 aromatic carbocycles. The Morgan fingerprint density at radius 1 is 1.25 bits per heavy atom. The lowest BCUT2D eigenvalue weighted by molar-refractivity contribution is -0.116. The normalized spacial score (nSPS) is 15.5. The molecule has 1 unspecified atom stereocenters. The molecule has 28 heavy (non-hydrogen) atoms. The molecule has 144 valence electrons. The zero-order chi connectivity index (χ0) is 19.7. The first-order chi connectivity index (χ1) is 13.5. The molecule has 3 aromatic rings. The maximum atomic E-state index is 12.8. The molecule has 0 aliphatic carbocycles. The molecule has 0 spiro atoms. The molecule has 0 bridgehead atoms. The van der Waals surface area contributed by atoms with Crippen LogP contribution in [0.4, 0.5) is 16.5 Å². The van der Waals surface area contributed by atoms with Crippen molar-refractivity contribution in [2.24, 2.45) is 0 Å². The first-order valence-electron chi connectivity index (χ1n) is 9.22. The first-order valence-corrected chi connectivity index (χ1v) is 11.0. The number of hydrogen-bond acceptors (Lipinski definition) is 6. The Kier molecular flexibility index (Phi) is 5.37. The number of aromatic nitrogens is 2. The molecule has 1 aromatic heterocycles.